The molecule has 33 heavy (non-hydrogen) atoms. The maximum atomic E-state index is 13.0. The highest BCUT2D eigenvalue weighted by molar-refractivity contribution is 7.22. The molecule has 0 spiro atoms. The molecular formula is C23H28N6O3S. The summed E-state index contributed by atoms with van der Waals surface area (Å²) >= 11 is 1.28. The van der Waals surface area contributed by atoms with Gasteiger partial charge in [-0.2, -0.15) is 4.98 Å². The molecule has 3 aromatic rings. The van der Waals surface area contributed by atoms with E-state index >= 15 is 0 Å². The Hall–Kier alpha value is -3.27. The first-order chi connectivity index (χ1) is 15.8. The summed E-state index contributed by atoms with van der Waals surface area (Å²) in [6.45, 7) is 7.13. The molecule has 0 radical (unpaired) electrons. The summed E-state index contributed by atoms with van der Waals surface area (Å²) in [6.07, 6.45) is 2.85. The van der Waals surface area contributed by atoms with Gasteiger partial charge in [0.1, 0.15) is 17.6 Å². The zero-order chi connectivity index (χ0) is 23.5. The number of rotatable bonds is 6. The van der Waals surface area contributed by atoms with Crippen molar-refractivity contribution in [3.8, 4) is 0 Å². The molecule has 10 heteroatoms. The Morgan fingerprint density at radius 1 is 1.24 bits per heavy atom. The summed E-state index contributed by atoms with van der Waals surface area (Å²) in [5.41, 5.74) is 1.83. The Labute approximate surface area is 195 Å². The summed E-state index contributed by atoms with van der Waals surface area (Å²) < 4.78 is 1.73. The minimum Gasteiger partial charge on any atom is -0.354 e. The van der Waals surface area contributed by atoms with Crippen molar-refractivity contribution in [1.82, 2.24) is 19.9 Å². The molecule has 1 aromatic carbocycles. The second-order valence-electron chi connectivity index (χ2n) is 8.67. The standard InChI is InChI=1S/C23H28N6O3S/c1-14(2)25-21(31)16-7-9-28(10-8-16)23-27-20-19(33-23)22(32)29(13-24-20)12-18(30)26-17-6-4-5-15(3)11-17/h4-6,11,13-14,16H,7-10,12H2,1-3H3,(H,25,31)(H,26,30). The molecule has 1 aliphatic heterocycles. The number of piperidine rings is 1. The molecule has 1 aliphatic rings. The van der Waals surface area contributed by atoms with Crippen LogP contribution in [0.15, 0.2) is 35.4 Å². The third-order valence-corrected chi connectivity index (χ3v) is 6.65. The van der Waals surface area contributed by atoms with Crippen LogP contribution in [0.2, 0.25) is 0 Å². The molecule has 2 N–H and O–H groups in total. The number of nitrogens with zero attached hydrogens (tertiary/aromatic N) is 4. The fourth-order valence-corrected chi connectivity index (χ4v) is 4.92. The van der Waals surface area contributed by atoms with E-state index in [4.69, 9.17) is 0 Å². The van der Waals surface area contributed by atoms with Gasteiger partial charge < -0.3 is 15.5 Å². The number of benzene rings is 1. The number of aromatic nitrogens is 3. The summed E-state index contributed by atoms with van der Waals surface area (Å²) in [6, 6.07) is 7.62. The molecule has 0 unspecified atom stereocenters. The molecule has 0 aliphatic carbocycles. The molecular weight excluding hydrogens is 440 g/mol. The lowest BCUT2D eigenvalue weighted by atomic mass is 9.96. The number of carbonyl (C=O) groups excluding carboxylic acids is 2. The van der Waals surface area contributed by atoms with E-state index in [1.54, 1.807) is 6.07 Å². The van der Waals surface area contributed by atoms with Gasteiger partial charge in [-0.15, -0.1) is 0 Å². The highest BCUT2D eigenvalue weighted by Crippen LogP contribution is 2.29. The summed E-state index contributed by atoms with van der Waals surface area (Å²) in [4.78, 5) is 48.6. The van der Waals surface area contributed by atoms with Crippen LogP contribution < -0.4 is 21.1 Å². The fraction of sp³-hybridized carbons (Fsp3) is 0.435. The number of amides is 2. The van der Waals surface area contributed by atoms with Crippen molar-refractivity contribution in [1.29, 1.82) is 0 Å². The van der Waals surface area contributed by atoms with Crippen LogP contribution in [-0.4, -0.2) is 45.5 Å². The van der Waals surface area contributed by atoms with Gasteiger partial charge in [0.25, 0.3) is 5.56 Å². The molecule has 0 atom stereocenters. The van der Waals surface area contributed by atoms with E-state index in [9.17, 15) is 14.4 Å². The first-order valence-electron chi connectivity index (χ1n) is 11.1. The Bertz CT molecular complexity index is 1230. The van der Waals surface area contributed by atoms with Crippen LogP contribution in [0.1, 0.15) is 32.3 Å². The third-order valence-electron chi connectivity index (χ3n) is 5.56. The van der Waals surface area contributed by atoms with Crippen LogP contribution in [0.5, 0.6) is 0 Å². The van der Waals surface area contributed by atoms with Gasteiger partial charge in [0.2, 0.25) is 11.8 Å². The fourth-order valence-electron chi connectivity index (χ4n) is 3.90. The lowest BCUT2D eigenvalue weighted by Gasteiger charge is -2.31. The van der Waals surface area contributed by atoms with Crippen molar-refractivity contribution in [2.45, 2.75) is 46.2 Å². The first-order valence-corrected chi connectivity index (χ1v) is 11.9. The van der Waals surface area contributed by atoms with Crippen molar-refractivity contribution < 1.29 is 9.59 Å². The van der Waals surface area contributed by atoms with Gasteiger partial charge in [0.15, 0.2) is 10.8 Å². The van der Waals surface area contributed by atoms with Gasteiger partial charge in [0.05, 0.1) is 0 Å². The summed E-state index contributed by atoms with van der Waals surface area (Å²) in [5, 5.41) is 6.51. The lowest BCUT2D eigenvalue weighted by Crippen LogP contribution is -2.42. The second kappa shape index (κ2) is 9.70. The Morgan fingerprint density at radius 2 is 2.00 bits per heavy atom. The quantitative estimate of drug-likeness (QED) is 0.575. The summed E-state index contributed by atoms with van der Waals surface area (Å²) in [7, 11) is 0. The number of fused-ring (bicyclic) bond motifs is 1. The monoisotopic (exact) mass is 468 g/mol. The molecule has 1 saturated heterocycles. The summed E-state index contributed by atoms with van der Waals surface area (Å²) in [5.74, 6) is -0.196. The largest absolute Gasteiger partial charge is 0.354 e. The molecule has 2 aromatic heterocycles. The molecule has 174 valence electrons. The minimum atomic E-state index is -0.296. The molecule has 3 heterocycles. The van der Waals surface area contributed by atoms with Crippen LogP contribution >= 0.6 is 11.3 Å². The van der Waals surface area contributed by atoms with Crippen LogP contribution in [0.25, 0.3) is 10.3 Å². The van der Waals surface area contributed by atoms with Crippen molar-refractivity contribution >= 4 is 44.3 Å². The SMILES string of the molecule is Cc1cccc(NC(=O)Cn2cnc3nc(N4CCC(C(=O)NC(C)C)CC4)sc3c2=O)c1. The highest BCUT2D eigenvalue weighted by Gasteiger charge is 2.27. The predicted octanol–water partition coefficient (Wildman–Crippen LogP) is 2.54. The Balaban J connectivity index is 1.44. The Morgan fingerprint density at radius 3 is 2.70 bits per heavy atom. The lowest BCUT2D eigenvalue weighted by molar-refractivity contribution is -0.126. The second-order valence-corrected chi connectivity index (χ2v) is 9.65. The molecule has 0 bridgehead atoms. The molecule has 0 saturated carbocycles. The number of carbonyl (C=O) groups is 2. The zero-order valence-corrected chi connectivity index (χ0v) is 19.8. The molecule has 9 nitrogen and oxygen atoms in total. The molecule has 1 fully saturated rings. The van der Waals surface area contributed by atoms with Gasteiger partial charge in [-0.3, -0.25) is 19.0 Å². The van der Waals surface area contributed by atoms with Gasteiger partial charge in [-0.1, -0.05) is 23.5 Å². The van der Waals surface area contributed by atoms with E-state index in [0.29, 0.717) is 29.1 Å². The Kier molecular flexibility index (Phi) is 6.73. The average molecular weight is 469 g/mol. The highest BCUT2D eigenvalue weighted by atomic mass is 32.1. The van der Waals surface area contributed by atoms with Gasteiger partial charge in [0, 0.05) is 30.7 Å². The number of hydrogen-bond donors (Lipinski definition) is 2. The van der Waals surface area contributed by atoms with E-state index in [1.807, 2.05) is 39.0 Å². The molecule has 2 amide bonds. The van der Waals surface area contributed by atoms with E-state index < -0.39 is 0 Å². The van der Waals surface area contributed by atoms with Crippen molar-refractivity contribution in [3.63, 3.8) is 0 Å². The van der Waals surface area contributed by atoms with Crippen LogP contribution in [0.4, 0.5) is 10.8 Å². The van der Waals surface area contributed by atoms with E-state index in [-0.39, 0.29) is 35.9 Å². The number of anilines is 2. The number of nitrogens with one attached hydrogen (secondary N) is 2. The van der Waals surface area contributed by atoms with E-state index in [1.165, 1.54) is 22.2 Å². The number of hydrogen-bond acceptors (Lipinski definition) is 7. The third kappa shape index (κ3) is 5.39. The zero-order valence-electron chi connectivity index (χ0n) is 19.0. The van der Waals surface area contributed by atoms with Crippen molar-refractivity contribution in [2.75, 3.05) is 23.3 Å². The smallest absolute Gasteiger partial charge is 0.273 e. The number of aryl methyl sites for hydroxylation is 1. The van der Waals surface area contributed by atoms with Gasteiger partial charge in [-0.25, -0.2) is 4.98 Å². The maximum Gasteiger partial charge on any atom is 0.273 e. The van der Waals surface area contributed by atoms with Crippen molar-refractivity contribution in [2.24, 2.45) is 5.92 Å². The normalized spacial score (nSPS) is 14.6. The number of thiazole rings is 1. The maximum absolute atomic E-state index is 13.0. The average Bonchev–Trinajstić information content (AvgIpc) is 3.21. The van der Waals surface area contributed by atoms with Crippen LogP contribution in [0.3, 0.4) is 0 Å². The topological polar surface area (TPSA) is 109 Å². The minimum absolute atomic E-state index is 0.000274. The van der Waals surface area contributed by atoms with E-state index in [0.717, 1.165) is 23.5 Å². The van der Waals surface area contributed by atoms with Crippen LogP contribution in [-0.2, 0) is 16.1 Å². The van der Waals surface area contributed by atoms with Crippen molar-refractivity contribution in [3.05, 3.63) is 46.5 Å². The van der Waals surface area contributed by atoms with Gasteiger partial charge >= 0.3 is 0 Å². The first kappa shape index (κ1) is 22.9. The van der Waals surface area contributed by atoms with Crippen LogP contribution in [0, 0.1) is 12.8 Å². The molecule has 4 rings (SSSR count). The predicted molar refractivity (Wildman–Crippen MR) is 130 cm³/mol. The van der Waals surface area contributed by atoms with E-state index in [2.05, 4.69) is 25.5 Å². The van der Waals surface area contributed by atoms with Gasteiger partial charge in [-0.05, 0) is 51.3 Å².